The number of alkyl halides is 3. The molecule has 0 unspecified atom stereocenters. The monoisotopic (exact) mass is 382 g/mol. The normalized spacial score (nSPS) is 18.6. The van der Waals surface area contributed by atoms with E-state index in [1.807, 2.05) is 4.90 Å². The summed E-state index contributed by atoms with van der Waals surface area (Å²) in [6.07, 6.45) is -3.47. The van der Waals surface area contributed by atoms with Gasteiger partial charge in [-0.15, -0.1) is 0 Å². The number of benzene rings is 1. The van der Waals surface area contributed by atoms with Gasteiger partial charge in [-0.1, -0.05) is 32.0 Å². The summed E-state index contributed by atoms with van der Waals surface area (Å²) in [4.78, 5) is 26.8. The molecule has 7 heteroatoms. The SMILES string of the molecule is CC(C)c1ccc2c(c1)CN(C(=O)C1CCN(C(=O)C(F)(F)F)CC1)CC2. The third-order valence-corrected chi connectivity index (χ3v) is 5.59. The van der Waals surface area contributed by atoms with Crippen LogP contribution in [-0.4, -0.2) is 47.4 Å². The molecule has 1 aromatic rings. The number of carbonyl (C=O) groups excluding carboxylic acids is 2. The van der Waals surface area contributed by atoms with Crippen LogP contribution in [0.25, 0.3) is 0 Å². The van der Waals surface area contributed by atoms with Crippen molar-refractivity contribution in [1.29, 1.82) is 0 Å². The van der Waals surface area contributed by atoms with Crippen LogP contribution in [0.4, 0.5) is 13.2 Å². The molecular weight excluding hydrogens is 357 g/mol. The van der Waals surface area contributed by atoms with Crippen molar-refractivity contribution in [1.82, 2.24) is 9.80 Å². The second-order valence-electron chi connectivity index (χ2n) is 7.76. The Morgan fingerprint density at radius 2 is 1.70 bits per heavy atom. The van der Waals surface area contributed by atoms with Crippen molar-refractivity contribution < 1.29 is 22.8 Å². The van der Waals surface area contributed by atoms with E-state index >= 15 is 0 Å². The van der Waals surface area contributed by atoms with Gasteiger partial charge in [0, 0.05) is 32.1 Å². The van der Waals surface area contributed by atoms with E-state index in [9.17, 15) is 22.8 Å². The zero-order valence-electron chi connectivity index (χ0n) is 15.7. The number of hydrogen-bond acceptors (Lipinski definition) is 2. The highest BCUT2D eigenvalue weighted by Crippen LogP contribution is 2.28. The minimum absolute atomic E-state index is 0.00490. The smallest absolute Gasteiger partial charge is 0.338 e. The molecule has 1 saturated heterocycles. The molecule has 0 aromatic heterocycles. The van der Waals surface area contributed by atoms with Crippen LogP contribution in [0.3, 0.4) is 0 Å². The van der Waals surface area contributed by atoms with Gasteiger partial charge in [-0.2, -0.15) is 13.2 Å². The molecule has 148 valence electrons. The third-order valence-electron chi connectivity index (χ3n) is 5.59. The molecule has 0 N–H and O–H groups in total. The van der Waals surface area contributed by atoms with Gasteiger partial charge in [0.2, 0.25) is 5.91 Å². The van der Waals surface area contributed by atoms with Crippen molar-refractivity contribution in [2.24, 2.45) is 5.92 Å². The fraction of sp³-hybridized carbons (Fsp3) is 0.600. The Labute approximate surface area is 157 Å². The maximum Gasteiger partial charge on any atom is 0.471 e. The van der Waals surface area contributed by atoms with Crippen LogP contribution in [-0.2, 0) is 22.6 Å². The zero-order valence-corrected chi connectivity index (χ0v) is 15.7. The van der Waals surface area contributed by atoms with Gasteiger partial charge in [0.15, 0.2) is 0 Å². The number of carbonyl (C=O) groups is 2. The second kappa shape index (κ2) is 7.52. The van der Waals surface area contributed by atoms with E-state index in [0.717, 1.165) is 16.9 Å². The summed E-state index contributed by atoms with van der Waals surface area (Å²) in [6.45, 7) is 5.41. The minimum atomic E-state index is -4.85. The Kier molecular flexibility index (Phi) is 5.49. The van der Waals surface area contributed by atoms with Gasteiger partial charge in [0.25, 0.3) is 0 Å². The summed E-state index contributed by atoms with van der Waals surface area (Å²) in [5.74, 6) is -1.70. The predicted molar refractivity (Wildman–Crippen MR) is 95.0 cm³/mol. The van der Waals surface area contributed by atoms with Gasteiger partial charge in [-0.05, 0) is 41.9 Å². The number of likely N-dealkylation sites (tertiary alicyclic amines) is 1. The van der Waals surface area contributed by atoms with Gasteiger partial charge in [0.1, 0.15) is 0 Å². The molecule has 3 rings (SSSR count). The highest BCUT2D eigenvalue weighted by molar-refractivity contribution is 5.83. The van der Waals surface area contributed by atoms with E-state index in [2.05, 4.69) is 32.0 Å². The van der Waals surface area contributed by atoms with Crippen molar-refractivity contribution in [3.63, 3.8) is 0 Å². The lowest BCUT2D eigenvalue weighted by atomic mass is 9.91. The van der Waals surface area contributed by atoms with Gasteiger partial charge in [-0.25, -0.2) is 0 Å². The molecule has 2 amide bonds. The first-order chi connectivity index (χ1) is 12.7. The molecular formula is C20H25F3N2O2. The molecule has 1 fully saturated rings. The second-order valence-corrected chi connectivity index (χ2v) is 7.76. The summed E-state index contributed by atoms with van der Waals surface area (Å²) in [7, 11) is 0. The van der Waals surface area contributed by atoms with E-state index in [1.54, 1.807) is 0 Å². The van der Waals surface area contributed by atoms with Crippen LogP contribution in [0.15, 0.2) is 18.2 Å². The van der Waals surface area contributed by atoms with Gasteiger partial charge >= 0.3 is 12.1 Å². The van der Waals surface area contributed by atoms with Crippen LogP contribution in [0, 0.1) is 5.92 Å². The van der Waals surface area contributed by atoms with Crippen LogP contribution < -0.4 is 0 Å². The lowest BCUT2D eigenvalue weighted by molar-refractivity contribution is -0.187. The lowest BCUT2D eigenvalue weighted by Gasteiger charge is -2.36. The molecule has 0 aliphatic carbocycles. The average Bonchev–Trinajstić information content (AvgIpc) is 2.65. The summed E-state index contributed by atoms with van der Waals surface area (Å²) < 4.78 is 37.6. The molecule has 2 aliphatic rings. The van der Waals surface area contributed by atoms with Crippen molar-refractivity contribution in [3.05, 3.63) is 34.9 Å². The molecule has 27 heavy (non-hydrogen) atoms. The minimum Gasteiger partial charge on any atom is -0.338 e. The van der Waals surface area contributed by atoms with Crippen LogP contribution in [0.5, 0.6) is 0 Å². The number of piperidine rings is 1. The van der Waals surface area contributed by atoms with E-state index < -0.39 is 12.1 Å². The molecule has 0 bridgehead atoms. The molecule has 0 spiro atoms. The number of hydrogen-bond donors (Lipinski definition) is 0. The van der Waals surface area contributed by atoms with Crippen LogP contribution in [0.2, 0.25) is 0 Å². The van der Waals surface area contributed by atoms with Gasteiger partial charge < -0.3 is 9.80 Å². The average molecular weight is 382 g/mol. The molecule has 0 atom stereocenters. The van der Waals surface area contributed by atoms with E-state index in [1.165, 1.54) is 11.1 Å². The third kappa shape index (κ3) is 4.28. The van der Waals surface area contributed by atoms with E-state index in [4.69, 9.17) is 0 Å². The van der Waals surface area contributed by atoms with Crippen LogP contribution >= 0.6 is 0 Å². The van der Waals surface area contributed by atoms with Crippen LogP contribution in [0.1, 0.15) is 49.3 Å². The largest absolute Gasteiger partial charge is 0.471 e. The first-order valence-corrected chi connectivity index (χ1v) is 9.43. The quantitative estimate of drug-likeness (QED) is 0.786. The Morgan fingerprint density at radius 1 is 1.04 bits per heavy atom. The standard InChI is InChI=1S/C20H25F3N2O2/c1-13(2)16-4-3-14-5-10-25(12-17(14)11-16)18(26)15-6-8-24(9-7-15)19(27)20(21,22)23/h3-4,11,13,15H,5-10,12H2,1-2H3. The molecule has 0 radical (unpaired) electrons. The Hall–Kier alpha value is -2.05. The first kappa shape index (κ1) is 19.7. The maximum absolute atomic E-state index is 12.9. The summed E-state index contributed by atoms with van der Waals surface area (Å²) in [6, 6.07) is 6.42. The predicted octanol–water partition coefficient (Wildman–Crippen LogP) is 3.50. The van der Waals surface area contributed by atoms with E-state index in [-0.39, 0.29) is 37.8 Å². The fourth-order valence-corrected chi connectivity index (χ4v) is 3.89. The Morgan fingerprint density at radius 3 is 2.30 bits per heavy atom. The molecule has 1 aromatic carbocycles. The zero-order chi connectivity index (χ0) is 19.8. The maximum atomic E-state index is 12.9. The van der Waals surface area contributed by atoms with Gasteiger partial charge in [-0.3, -0.25) is 9.59 Å². The molecule has 2 aliphatic heterocycles. The molecule has 2 heterocycles. The summed E-state index contributed by atoms with van der Waals surface area (Å²) >= 11 is 0. The Balaban J connectivity index is 1.61. The topological polar surface area (TPSA) is 40.6 Å². The first-order valence-electron chi connectivity index (χ1n) is 9.43. The van der Waals surface area contributed by atoms with Gasteiger partial charge in [0.05, 0.1) is 0 Å². The number of amides is 2. The highest BCUT2D eigenvalue weighted by Gasteiger charge is 2.44. The summed E-state index contributed by atoms with van der Waals surface area (Å²) in [5, 5.41) is 0. The number of rotatable bonds is 2. The molecule has 4 nitrogen and oxygen atoms in total. The van der Waals surface area contributed by atoms with Crippen molar-refractivity contribution in [3.8, 4) is 0 Å². The number of fused-ring (bicyclic) bond motifs is 1. The summed E-state index contributed by atoms with van der Waals surface area (Å²) in [5.41, 5.74) is 3.65. The highest BCUT2D eigenvalue weighted by atomic mass is 19.4. The lowest BCUT2D eigenvalue weighted by Crippen LogP contribution is -2.48. The Bertz CT molecular complexity index is 722. The van der Waals surface area contributed by atoms with Crippen molar-refractivity contribution in [2.45, 2.75) is 51.7 Å². The molecule has 0 saturated carbocycles. The number of halogens is 3. The fourth-order valence-electron chi connectivity index (χ4n) is 3.89. The van der Waals surface area contributed by atoms with E-state index in [0.29, 0.717) is 19.0 Å². The number of nitrogens with zero attached hydrogens (tertiary/aromatic N) is 2. The van der Waals surface area contributed by atoms with Crippen molar-refractivity contribution >= 4 is 11.8 Å². The van der Waals surface area contributed by atoms with Crippen molar-refractivity contribution in [2.75, 3.05) is 19.6 Å².